The molecule has 1 heterocycles. The zero-order chi connectivity index (χ0) is 46.7. The Morgan fingerprint density at radius 2 is 0.794 bits per heavy atom. The van der Waals surface area contributed by atoms with E-state index in [1.54, 1.807) is 45.0 Å². The minimum atomic E-state index is -0.460. The van der Waals surface area contributed by atoms with E-state index in [-0.39, 0.29) is 22.3 Å². The molecule has 0 aliphatic carbocycles. The van der Waals surface area contributed by atoms with Gasteiger partial charge in [0.15, 0.2) is 0 Å². The molecule has 1 aromatic heterocycles. The van der Waals surface area contributed by atoms with Crippen molar-refractivity contribution in [2.45, 2.75) is 154 Å². The summed E-state index contributed by atoms with van der Waals surface area (Å²) < 4.78 is 0. The first-order valence-corrected chi connectivity index (χ1v) is 25.3. The molecular formula is C57H75ClNOP2Ru+. The first-order chi connectivity index (χ1) is 28.8. The first kappa shape index (κ1) is 72.6. The van der Waals surface area contributed by atoms with Crippen LogP contribution in [0.2, 0.25) is 0 Å². The van der Waals surface area contributed by atoms with Crippen LogP contribution in [0, 0.1) is 119 Å². The molecule has 0 amide bonds. The summed E-state index contributed by atoms with van der Waals surface area (Å²) in [5.74, 6) is 44.9. The Balaban J connectivity index is -0.000000157. The third-order valence-electron chi connectivity index (χ3n) is 7.92. The molecule has 0 aliphatic heterocycles. The summed E-state index contributed by atoms with van der Waals surface area (Å²) in [6.45, 7) is 33.0. The van der Waals surface area contributed by atoms with Gasteiger partial charge in [-0.2, -0.15) is 0 Å². The van der Waals surface area contributed by atoms with E-state index in [0.29, 0.717) is 0 Å². The standard InChI is InChI=1S/C27H39NP2.C9H4.C8H6.C5H4.C4H6.CHO.3CH4.ClH.Ru.H/c1-18(2)29(19(3)4)16-24-13-9-11-22-15-23-12-10-14-25(27(23)28-26(22)24)17-30(20(5)6)21(7)8;1-3-5-7-9-8-6-4-2;1-3-5-7-8-6-4-2;1-3-5-4-2;1-3-4-2;1-2;;;;;;/h9-15,18-21H,16-17H2,1-8H3;1H,2H3;1-2H3;1H,2H3;1-2H3;1H;3*1H4;1H;;/q;;;;;-1;;;;;+1;/p+1. The summed E-state index contributed by atoms with van der Waals surface area (Å²) in [6, 6.07) is 16.0. The van der Waals surface area contributed by atoms with E-state index in [1.807, 2.05) is 13.8 Å². The van der Waals surface area contributed by atoms with Crippen molar-refractivity contribution in [2.24, 2.45) is 0 Å². The second-order valence-electron chi connectivity index (χ2n) is 13.1. The maximum absolute atomic E-state index is 7.75. The maximum atomic E-state index is 7.75. The quantitative estimate of drug-likeness (QED) is 0.0562. The van der Waals surface area contributed by atoms with Gasteiger partial charge in [0.1, 0.15) is 0 Å². The first-order valence-electron chi connectivity index (χ1n) is 19.2. The molecule has 0 spiro atoms. The minimum absolute atomic E-state index is 0. The van der Waals surface area contributed by atoms with Crippen LogP contribution in [-0.4, -0.2) is 34.4 Å². The van der Waals surface area contributed by atoms with E-state index in [4.69, 9.17) is 22.6 Å². The Labute approximate surface area is 405 Å². The van der Waals surface area contributed by atoms with E-state index in [1.165, 1.54) is 45.3 Å². The predicted molar refractivity (Wildman–Crippen MR) is 292 cm³/mol. The summed E-state index contributed by atoms with van der Waals surface area (Å²) >= 11 is 1.62. The Kier molecular flexibility index (Phi) is 59.3. The number of nitrogens with zero attached hydrogens (tertiary/aromatic N) is 1. The monoisotopic (exact) mass is 988 g/mol. The van der Waals surface area contributed by atoms with Crippen LogP contribution in [0.25, 0.3) is 21.8 Å². The normalized spacial score (nSPS) is 7.70. The molecule has 0 radical (unpaired) electrons. The van der Waals surface area contributed by atoms with Crippen LogP contribution in [0.1, 0.15) is 130 Å². The Bertz CT molecular complexity index is 2180. The van der Waals surface area contributed by atoms with Crippen LogP contribution < -0.4 is 0 Å². The topological polar surface area (TPSA) is 30.0 Å². The molecule has 2 aromatic carbocycles. The van der Waals surface area contributed by atoms with Gasteiger partial charge in [0.2, 0.25) is 0 Å². The molecule has 0 aliphatic rings. The number of pyridine rings is 1. The molecular weight excluding hydrogens is 913 g/mol. The molecule has 3 aromatic rings. The number of benzene rings is 2. The molecule has 338 valence electrons. The van der Waals surface area contributed by atoms with Crippen LogP contribution in [0.5, 0.6) is 0 Å². The molecule has 2 nitrogen and oxygen atoms in total. The van der Waals surface area contributed by atoms with Crippen molar-refractivity contribution in [3.8, 4) is 119 Å². The second-order valence-corrected chi connectivity index (χ2v) is 20.8. The van der Waals surface area contributed by atoms with Gasteiger partial charge in [-0.05, 0) is 174 Å². The van der Waals surface area contributed by atoms with E-state index in [0.717, 1.165) is 22.6 Å². The number of carbonyl (C=O) groups excluding carboxylic acids is 1. The van der Waals surface area contributed by atoms with Gasteiger partial charge >= 0.3 is 27.0 Å². The van der Waals surface area contributed by atoms with Crippen molar-refractivity contribution in [1.82, 2.24) is 4.98 Å². The number of para-hydroxylation sites is 2. The van der Waals surface area contributed by atoms with Crippen molar-refractivity contribution in [3.05, 3.63) is 53.6 Å². The summed E-state index contributed by atoms with van der Waals surface area (Å²) in [4.78, 5) is 13.1. The fraction of sp³-hybridized carbons (Fsp3) is 0.404. The van der Waals surface area contributed by atoms with Crippen molar-refractivity contribution >= 4 is 54.1 Å². The number of fused-ring (bicyclic) bond motifs is 2. The van der Waals surface area contributed by atoms with Crippen LogP contribution in [0.4, 0.5) is 0 Å². The van der Waals surface area contributed by atoms with E-state index >= 15 is 0 Å². The molecule has 0 saturated carbocycles. The Morgan fingerprint density at radius 3 is 1.03 bits per heavy atom. The van der Waals surface area contributed by atoms with Gasteiger partial charge in [-0.1, -0.05) is 82.4 Å². The molecule has 3 rings (SSSR count). The number of hydrogen-bond donors (Lipinski definition) is 0. The van der Waals surface area contributed by atoms with Crippen molar-refractivity contribution in [3.63, 3.8) is 0 Å². The fourth-order valence-electron chi connectivity index (χ4n) is 5.33. The van der Waals surface area contributed by atoms with Gasteiger partial charge in [0.05, 0.1) is 46.0 Å². The fourth-order valence-corrected chi connectivity index (χ4v) is 11.1. The number of terminal acetylenes is 2. The van der Waals surface area contributed by atoms with Gasteiger partial charge in [0.25, 0.3) is 0 Å². The summed E-state index contributed by atoms with van der Waals surface area (Å²) in [5, 5.41) is 2.59. The molecule has 0 atom stereocenters. The van der Waals surface area contributed by atoms with Gasteiger partial charge in [-0.15, -0.1) is 24.7 Å². The molecule has 0 fully saturated rings. The number of rotatable bonds is 8. The van der Waals surface area contributed by atoms with E-state index < -0.39 is 15.8 Å². The predicted octanol–water partition coefficient (Wildman–Crippen LogP) is 13.9. The van der Waals surface area contributed by atoms with Crippen LogP contribution in [-0.2, 0) is 34.4 Å². The summed E-state index contributed by atoms with van der Waals surface area (Å²) in [7, 11) is 3.69. The molecule has 0 unspecified atom stereocenters. The zero-order valence-electron chi connectivity index (χ0n) is 38.1. The van der Waals surface area contributed by atoms with Crippen molar-refractivity contribution in [2.75, 3.05) is 0 Å². The SMILES string of the molecule is C.C.C.C#CC#CC.C#CC#CC#CC#CC.CC#CC.CC#CC#CC#CC.CC(C)[PH+](Cc1cccc2cc3cccc(C[PH+](C(C)C)C(C)C)c3nc12)C(C)C.[CH-]=O.[Cl][RuH]. The Hall–Kier alpha value is -4.85. The van der Waals surface area contributed by atoms with Gasteiger partial charge < -0.3 is 4.79 Å². The molecule has 0 saturated heterocycles. The van der Waals surface area contributed by atoms with Crippen LogP contribution >= 0.6 is 25.5 Å². The van der Waals surface area contributed by atoms with Gasteiger partial charge in [-0.25, -0.2) is 4.98 Å². The number of aromatic nitrogens is 1. The van der Waals surface area contributed by atoms with Crippen LogP contribution in [0.15, 0.2) is 42.5 Å². The summed E-state index contributed by atoms with van der Waals surface area (Å²) in [5.41, 5.74) is 8.52. The average molecular weight is 989 g/mol. The summed E-state index contributed by atoms with van der Waals surface area (Å²) in [6.07, 6.45) is 12.0. The number of halogens is 1. The van der Waals surface area contributed by atoms with E-state index in [9.17, 15) is 0 Å². The van der Waals surface area contributed by atoms with Crippen molar-refractivity contribution < 1.29 is 22.1 Å². The molecule has 0 bridgehead atoms. The zero-order valence-corrected chi connectivity index (χ0v) is 42.7. The van der Waals surface area contributed by atoms with Gasteiger partial charge in [-0.3, -0.25) is 6.79 Å². The third kappa shape index (κ3) is 36.4. The van der Waals surface area contributed by atoms with Gasteiger partial charge in [0, 0.05) is 37.7 Å². The molecule has 63 heavy (non-hydrogen) atoms. The van der Waals surface area contributed by atoms with E-state index in [2.05, 4.69) is 221 Å². The molecule has 0 N–H and O–H groups in total. The van der Waals surface area contributed by atoms with Crippen LogP contribution in [0.3, 0.4) is 0 Å². The Morgan fingerprint density at radius 1 is 0.508 bits per heavy atom. The third-order valence-corrected chi connectivity index (χ3v) is 15.4. The second kappa shape index (κ2) is 51.5. The number of hydrogen-bond acceptors (Lipinski definition) is 2. The van der Waals surface area contributed by atoms with Crippen molar-refractivity contribution in [1.29, 1.82) is 0 Å². The molecule has 6 heteroatoms. The average Bonchev–Trinajstić information content (AvgIpc) is 3.24.